The summed E-state index contributed by atoms with van der Waals surface area (Å²) in [6.07, 6.45) is 0. The molecule has 18 heavy (non-hydrogen) atoms. The summed E-state index contributed by atoms with van der Waals surface area (Å²) >= 11 is 18.6. The summed E-state index contributed by atoms with van der Waals surface area (Å²) < 4.78 is 0.780. The van der Waals surface area contributed by atoms with Gasteiger partial charge in [-0.15, -0.1) is 11.3 Å². The van der Waals surface area contributed by atoms with Crippen LogP contribution in [0.1, 0.15) is 10.4 Å². The van der Waals surface area contributed by atoms with Crippen molar-refractivity contribution in [2.24, 2.45) is 0 Å². The summed E-state index contributed by atoms with van der Waals surface area (Å²) in [5.41, 5.74) is 6.90. The number of hydrogen-bond acceptors (Lipinski definition) is 3. The predicted octanol–water partition coefficient (Wildman–Crippen LogP) is 4.54. The van der Waals surface area contributed by atoms with Crippen molar-refractivity contribution < 1.29 is 4.79 Å². The van der Waals surface area contributed by atoms with Gasteiger partial charge in [0.25, 0.3) is 5.91 Å². The Balaban J connectivity index is 2.26. The maximum Gasteiger partial charge on any atom is 0.258 e. The van der Waals surface area contributed by atoms with Crippen LogP contribution < -0.4 is 11.1 Å². The highest BCUT2D eigenvalue weighted by Crippen LogP contribution is 2.32. The third kappa shape index (κ3) is 2.90. The van der Waals surface area contributed by atoms with E-state index in [1.807, 2.05) is 0 Å². The summed E-state index contributed by atoms with van der Waals surface area (Å²) in [6.45, 7) is 0. The Morgan fingerprint density at radius 3 is 2.56 bits per heavy atom. The maximum atomic E-state index is 12.0. The average Bonchev–Trinajstić information content (AvgIpc) is 2.63. The van der Waals surface area contributed by atoms with Crippen LogP contribution in [0, 0.1) is 0 Å². The van der Waals surface area contributed by atoms with Crippen molar-refractivity contribution in [1.29, 1.82) is 0 Å². The molecular weight excluding hydrogens is 315 g/mol. The number of rotatable bonds is 2. The fourth-order valence-electron chi connectivity index (χ4n) is 1.32. The first-order valence-electron chi connectivity index (χ1n) is 4.78. The van der Waals surface area contributed by atoms with Crippen molar-refractivity contribution in [1.82, 2.24) is 0 Å². The lowest BCUT2D eigenvalue weighted by molar-refractivity contribution is 0.102. The number of thiophene rings is 1. The molecule has 0 saturated heterocycles. The molecule has 0 aliphatic heterocycles. The SMILES string of the molecule is Nc1ccc(Cl)cc1NC(=O)c1cc(Cl)sc1Cl. The van der Waals surface area contributed by atoms with Crippen LogP contribution in [0.25, 0.3) is 0 Å². The number of carbonyl (C=O) groups excluding carboxylic acids is 1. The summed E-state index contributed by atoms with van der Waals surface area (Å²) in [4.78, 5) is 12.0. The van der Waals surface area contributed by atoms with Gasteiger partial charge >= 0.3 is 0 Å². The van der Waals surface area contributed by atoms with Crippen molar-refractivity contribution in [2.75, 3.05) is 11.1 Å². The van der Waals surface area contributed by atoms with Gasteiger partial charge in [0.2, 0.25) is 0 Å². The second kappa shape index (κ2) is 5.36. The first-order chi connectivity index (χ1) is 8.47. The molecule has 1 aromatic heterocycles. The second-order valence-electron chi connectivity index (χ2n) is 3.42. The van der Waals surface area contributed by atoms with Crippen LogP contribution in [0.3, 0.4) is 0 Å². The first kappa shape index (κ1) is 13.5. The van der Waals surface area contributed by atoms with Crippen molar-refractivity contribution in [3.05, 3.63) is 43.5 Å². The molecule has 0 unspecified atom stereocenters. The van der Waals surface area contributed by atoms with E-state index in [4.69, 9.17) is 40.5 Å². The number of hydrogen-bond donors (Lipinski definition) is 2. The minimum atomic E-state index is -0.378. The Kier molecular flexibility index (Phi) is 4.02. The lowest BCUT2D eigenvalue weighted by Gasteiger charge is -2.07. The normalized spacial score (nSPS) is 10.4. The Hall–Kier alpha value is -0.940. The van der Waals surface area contributed by atoms with Gasteiger partial charge in [-0.1, -0.05) is 34.8 Å². The Bertz CT molecular complexity index is 612. The molecule has 0 bridgehead atoms. The number of benzene rings is 1. The van der Waals surface area contributed by atoms with Gasteiger partial charge in [0.15, 0.2) is 0 Å². The number of nitrogens with two attached hydrogens (primary N) is 1. The smallest absolute Gasteiger partial charge is 0.258 e. The molecule has 7 heteroatoms. The largest absolute Gasteiger partial charge is 0.397 e. The summed E-state index contributed by atoms with van der Waals surface area (Å²) in [7, 11) is 0. The fraction of sp³-hybridized carbons (Fsp3) is 0. The molecule has 1 amide bonds. The molecule has 3 N–H and O–H groups in total. The molecule has 3 nitrogen and oxygen atoms in total. The van der Waals surface area contributed by atoms with Crippen molar-refractivity contribution >= 4 is 63.4 Å². The molecule has 1 aromatic carbocycles. The molecule has 2 aromatic rings. The Morgan fingerprint density at radius 1 is 1.22 bits per heavy atom. The third-order valence-electron chi connectivity index (χ3n) is 2.16. The minimum Gasteiger partial charge on any atom is -0.397 e. The zero-order chi connectivity index (χ0) is 13.3. The minimum absolute atomic E-state index is 0.311. The second-order valence-corrected chi connectivity index (χ2v) is 6.15. The summed E-state index contributed by atoms with van der Waals surface area (Å²) in [5, 5.41) is 3.12. The number of halogens is 3. The Labute approximate surface area is 122 Å². The molecule has 2 rings (SSSR count). The molecule has 0 spiro atoms. The summed E-state index contributed by atoms with van der Waals surface area (Å²) in [5.74, 6) is -0.378. The number of carbonyl (C=O) groups is 1. The van der Waals surface area contributed by atoms with Crippen LogP contribution in [-0.4, -0.2) is 5.91 Å². The molecule has 0 radical (unpaired) electrons. The molecule has 0 aliphatic carbocycles. The van der Waals surface area contributed by atoms with Gasteiger partial charge in [0.05, 0.1) is 21.3 Å². The van der Waals surface area contributed by atoms with Gasteiger partial charge in [-0.2, -0.15) is 0 Å². The molecule has 94 valence electrons. The Morgan fingerprint density at radius 2 is 1.94 bits per heavy atom. The lowest BCUT2D eigenvalue weighted by Crippen LogP contribution is -2.12. The number of nitrogens with one attached hydrogen (secondary N) is 1. The zero-order valence-corrected chi connectivity index (χ0v) is 11.9. The van der Waals surface area contributed by atoms with E-state index in [1.165, 1.54) is 6.07 Å². The average molecular weight is 322 g/mol. The van der Waals surface area contributed by atoms with Gasteiger partial charge < -0.3 is 11.1 Å². The van der Waals surface area contributed by atoms with E-state index in [0.29, 0.717) is 30.6 Å². The van der Waals surface area contributed by atoms with Crippen LogP contribution in [-0.2, 0) is 0 Å². The van der Waals surface area contributed by atoms with E-state index in [1.54, 1.807) is 18.2 Å². The number of anilines is 2. The van der Waals surface area contributed by atoms with Crippen LogP contribution >= 0.6 is 46.1 Å². The van der Waals surface area contributed by atoms with Gasteiger partial charge in [0, 0.05) is 5.02 Å². The summed E-state index contributed by atoms with van der Waals surface area (Å²) in [6, 6.07) is 6.32. The fourth-order valence-corrected chi connectivity index (χ4v) is 2.95. The molecule has 1 heterocycles. The molecule has 0 fully saturated rings. The van der Waals surface area contributed by atoms with Crippen molar-refractivity contribution in [3.8, 4) is 0 Å². The molecular formula is C11H7Cl3N2OS. The van der Waals surface area contributed by atoms with E-state index in [9.17, 15) is 4.79 Å². The number of nitrogen functional groups attached to an aromatic ring is 1. The molecule has 0 atom stereocenters. The topological polar surface area (TPSA) is 55.1 Å². The highest BCUT2D eigenvalue weighted by Gasteiger charge is 2.15. The van der Waals surface area contributed by atoms with E-state index in [2.05, 4.69) is 5.32 Å². The van der Waals surface area contributed by atoms with Gasteiger partial charge in [-0.05, 0) is 24.3 Å². The van der Waals surface area contributed by atoms with Crippen molar-refractivity contribution in [2.45, 2.75) is 0 Å². The predicted molar refractivity (Wildman–Crippen MR) is 78.2 cm³/mol. The van der Waals surface area contributed by atoms with Crippen LogP contribution in [0.5, 0.6) is 0 Å². The highest BCUT2D eigenvalue weighted by atomic mass is 35.5. The van der Waals surface area contributed by atoms with Gasteiger partial charge in [0.1, 0.15) is 4.34 Å². The van der Waals surface area contributed by atoms with Crippen LogP contribution in [0.4, 0.5) is 11.4 Å². The molecule has 0 saturated carbocycles. The standard InChI is InChI=1S/C11H7Cl3N2OS/c12-5-1-2-7(15)8(3-5)16-11(17)6-4-9(13)18-10(6)14/h1-4H,15H2,(H,16,17). The van der Waals surface area contributed by atoms with Gasteiger partial charge in [-0.25, -0.2) is 0 Å². The van der Waals surface area contributed by atoms with Crippen LogP contribution in [0.2, 0.25) is 13.7 Å². The monoisotopic (exact) mass is 320 g/mol. The molecule has 0 aliphatic rings. The first-order valence-corrected chi connectivity index (χ1v) is 6.73. The zero-order valence-electron chi connectivity index (χ0n) is 8.84. The van der Waals surface area contributed by atoms with Gasteiger partial charge in [-0.3, -0.25) is 4.79 Å². The van der Waals surface area contributed by atoms with E-state index >= 15 is 0 Å². The van der Waals surface area contributed by atoms with E-state index in [0.717, 1.165) is 11.3 Å². The highest BCUT2D eigenvalue weighted by molar-refractivity contribution is 7.20. The van der Waals surface area contributed by atoms with E-state index in [-0.39, 0.29) is 5.91 Å². The maximum absolute atomic E-state index is 12.0. The number of amides is 1. The lowest BCUT2D eigenvalue weighted by atomic mass is 10.2. The van der Waals surface area contributed by atoms with Crippen molar-refractivity contribution in [3.63, 3.8) is 0 Å². The van der Waals surface area contributed by atoms with E-state index < -0.39 is 0 Å². The third-order valence-corrected chi connectivity index (χ3v) is 3.89. The quantitative estimate of drug-likeness (QED) is 0.798. The van der Waals surface area contributed by atoms with Crippen LogP contribution in [0.15, 0.2) is 24.3 Å².